The van der Waals surface area contributed by atoms with Gasteiger partial charge in [0.15, 0.2) is 0 Å². The van der Waals surface area contributed by atoms with Crippen LogP contribution in [0.15, 0.2) is 78.3 Å². The van der Waals surface area contributed by atoms with Gasteiger partial charge in [-0.15, -0.1) is 0 Å². The van der Waals surface area contributed by atoms with Crippen molar-refractivity contribution in [1.29, 1.82) is 0 Å². The van der Waals surface area contributed by atoms with E-state index in [9.17, 15) is 31.5 Å². The summed E-state index contributed by atoms with van der Waals surface area (Å²) in [5.41, 5.74) is 4.26. The van der Waals surface area contributed by atoms with Crippen LogP contribution in [0.5, 0.6) is 0 Å². The van der Waals surface area contributed by atoms with Crippen LogP contribution in [-0.2, 0) is 15.1 Å². The highest BCUT2D eigenvalue weighted by molar-refractivity contribution is 6.32. The van der Waals surface area contributed by atoms with E-state index in [0.29, 0.717) is 37.6 Å². The minimum Gasteiger partial charge on any atom is -0.447 e. The number of guanidine groups is 1. The summed E-state index contributed by atoms with van der Waals surface area (Å²) in [5.74, 6) is 5.17. The van der Waals surface area contributed by atoms with Crippen molar-refractivity contribution in [2.24, 2.45) is 16.6 Å². The first-order valence-electron chi connectivity index (χ1n) is 15.8. The summed E-state index contributed by atoms with van der Waals surface area (Å²) in [6.07, 6.45) is 0.701. The molecule has 2 atom stereocenters. The number of halogens is 6. The SMILES string of the molecule is NC1=N[C@](C#CC2CC2)(c2ccc(-c3cnn(C(F)F)c3)cc2)C(=O)N1C(COC(=O)NC1(C(F)(F)F)CC1)c1ccc(Cl)c(-n2cccn2)c1. The van der Waals surface area contributed by atoms with Gasteiger partial charge >= 0.3 is 18.8 Å². The number of alkyl carbamates (subject to hydrolysis) is 1. The third-order valence-corrected chi connectivity index (χ3v) is 9.27. The number of rotatable bonds is 9. The Labute approximate surface area is 292 Å². The number of nitrogens with two attached hydrogens (primary N) is 1. The number of aromatic nitrogens is 4. The molecule has 264 valence electrons. The summed E-state index contributed by atoms with van der Waals surface area (Å²) < 4.78 is 74.4. The highest BCUT2D eigenvalue weighted by Crippen LogP contribution is 2.49. The molecular weight excluding hydrogens is 699 g/mol. The van der Waals surface area contributed by atoms with Crippen LogP contribution in [0, 0.1) is 17.8 Å². The molecule has 0 saturated heterocycles. The van der Waals surface area contributed by atoms with E-state index in [1.54, 1.807) is 48.7 Å². The van der Waals surface area contributed by atoms with Gasteiger partial charge in [0.1, 0.15) is 12.1 Å². The predicted molar refractivity (Wildman–Crippen MR) is 173 cm³/mol. The van der Waals surface area contributed by atoms with E-state index in [4.69, 9.17) is 22.1 Å². The van der Waals surface area contributed by atoms with Gasteiger partial charge in [0.25, 0.3) is 5.91 Å². The molecule has 11 nitrogen and oxygen atoms in total. The van der Waals surface area contributed by atoms with Crippen molar-refractivity contribution in [2.45, 2.75) is 55.5 Å². The molecule has 0 bridgehead atoms. The van der Waals surface area contributed by atoms with Gasteiger partial charge in [-0.3, -0.25) is 9.69 Å². The van der Waals surface area contributed by atoms with Crippen LogP contribution < -0.4 is 11.1 Å². The summed E-state index contributed by atoms with van der Waals surface area (Å²) in [4.78, 5) is 33.2. The second kappa shape index (κ2) is 12.7. The Morgan fingerprint density at radius 3 is 2.47 bits per heavy atom. The fourth-order valence-electron chi connectivity index (χ4n) is 5.76. The smallest absolute Gasteiger partial charge is 0.411 e. The maximum atomic E-state index is 14.7. The molecule has 2 amide bonds. The lowest BCUT2D eigenvalue weighted by Crippen LogP contribution is -2.49. The predicted octanol–water partition coefficient (Wildman–Crippen LogP) is 6.11. The number of carbonyl (C=O) groups excluding carboxylic acids is 2. The zero-order valence-corrected chi connectivity index (χ0v) is 27.2. The van der Waals surface area contributed by atoms with Crippen molar-refractivity contribution < 1.29 is 36.3 Å². The molecule has 1 aliphatic heterocycles. The van der Waals surface area contributed by atoms with Crippen molar-refractivity contribution in [3.05, 3.63) is 89.5 Å². The number of alkyl halides is 5. The number of hydrogen-bond donors (Lipinski definition) is 2. The zero-order valence-electron chi connectivity index (χ0n) is 26.4. The monoisotopic (exact) mass is 726 g/mol. The molecule has 4 aromatic rings. The molecule has 2 saturated carbocycles. The van der Waals surface area contributed by atoms with E-state index >= 15 is 0 Å². The lowest BCUT2D eigenvalue weighted by molar-refractivity contribution is -0.164. The van der Waals surface area contributed by atoms with Crippen molar-refractivity contribution >= 4 is 29.6 Å². The number of ether oxygens (including phenoxy) is 1. The third kappa shape index (κ3) is 6.49. The van der Waals surface area contributed by atoms with E-state index < -0.39 is 48.5 Å². The van der Waals surface area contributed by atoms with Crippen LogP contribution in [0.2, 0.25) is 5.02 Å². The van der Waals surface area contributed by atoms with Crippen LogP contribution >= 0.6 is 11.6 Å². The van der Waals surface area contributed by atoms with Gasteiger partial charge < -0.3 is 15.8 Å². The molecule has 0 spiro atoms. The first-order valence-corrected chi connectivity index (χ1v) is 16.1. The van der Waals surface area contributed by atoms with Gasteiger partial charge in [-0.1, -0.05) is 53.8 Å². The first-order chi connectivity index (χ1) is 24.3. The van der Waals surface area contributed by atoms with Gasteiger partial charge in [-0.25, -0.2) is 19.2 Å². The molecule has 2 aromatic heterocycles. The van der Waals surface area contributed by atoms with Gasteiger partial charge in [0, 0.05) is 35.6 Å². The molecule has 2 fully saturated rings. The Morgan fingerprint density at radius 1 is 1.12 bits per heavy atom. The summed E-state index contributed by atoms with van der Waals surface area (Å²) >= 11 is 6.48. The number of amides is 2. The minimum absolute atomic E-state index is 0.0405. The Hall–Kier alpha value is -5.43. The average molecular weight is 727 g/mol. The maximum absolute atomic E-state index is 14.7. The lowest BCUT2D eigenvalue weighted by Gasteiger charge is -2.30. The standard InChI is InChI=1S/C34H28ClF5N8O3/c35-25-9-6-22(16-26(25)46-15-1-14-42-46)27(19-51-31(50)45-32(12-13-32)34(38,39)40)48-28(49)33(44-30(48)41,11-10-20-2-3-20)24-7-4-21(5-8-24)23-17-43-47(18-23)29(36)37/h1,4-9,14-18,20,27,29H,2-3,12-13,19H2,(H2,41,44)(H,45,50)/t27?,33-/m1/s1. The molecule has 7 rings (SSSR count). The number of hydrogen-bond acceptors (Lipinski definition) is 7. The Balaban J connectivity index is 1.25. The first kappa shape index (κ1) is 34.0. The number of nitrogens with zero attached hydrogens (tertiary/aromatic N) is 6. The van der Waals surface area contributed by atoms with Crippen LogP contribution in [-0.4, -0.2) is 60.7 Å². The molecule has 3 aliphatic rings. The lowest BCUT2D eigenvalue weighted by atomic mass is 9.88. The summed E-state index contributed by atoms with van der Waals surface area (Å²) in [6.45, 7) is -3.45. The summed E-state index contributed by atoms with van der Waals surface area (Å²) in [6, 6.07) is 11.5. The van der Waals surface area contributed by atoms with Gasteiger partial charge in [-0.05, 0) is 55.0 Å². The van der Waals surface area contributed by atoms with Crippen LogP contribution in [0.25, 0.3) is 16.8 Å². The fraction of sp³-hybridized carbons (Fsp3) is 0.324. The normalized spacial score (nSPS) is 20.1. The quantitative estimate of drug-likeness (QED) is 0.158. The van der Waals surface area contributed by atoms with E-state index in [-0.39, 0.29) is 24.7 Å². The molecule has 3 N–H and O–H groups in total. The van der Waals surface area contributed by atoms with Crippen LogP contribution in [0.4, 0.5) is 26.7 Å². The second-order valence-electron chi connectivity index (χ2n) is 12.4. The number of benzene rings is 2. The molecule has 3 heterocycles. The Morgan fingerprint density at radius 2 is 1.86 bits per heavy atom. The number of carbonyl (C=O) groups is 2. The Bertz CT molecular complexity index is 2060. The van der Waals surface area contributed by atoms with Gasteiger partial charge in [0.2, 0.25) is 11.5 Å². The molecule has 51 heavy (non-hydrogen) atoms. The van der Waals surface area contributed by atoms with Crippen LogP contribution in [0.1, 0.15) is 49.4 Å². The van der Waals surface area contributed by atoms with Gasteiger partial charge in [0.05, 0.1) is 22.9 Å². The van der Waals surface area contributed by atoms with E-state index in [1.807, 2.05) is 5.32 Å². The number of nitrogens with one attached hydrogen (secondary N) is 1. The van der Waals surface area contributed by atoms with E-state index in [0.717, 1.165) is 17.7 Å². The van der Waals surface area contributed by atoms with E-state index in [2.05, 4.69) is 27.0 Å². The fourth-order valence-corrected chi connectivity index (χ4v) is 5.96. The van der Waals surface area contributed by atoms with Crippen molar-refractivity contribution in [1.82, 2.24) is 29.8 Å². The largest absolute Gasteiger partial charge is 0.447 e. The van der Waals surface area contributed by atoms with Crippen molar-refractivity contribution in [3.8, 4) is 28.7 Å². The zero-order chi connectivity index (χ0) is 36.1. The highest BCUT2D eigenvalue weighted by Gasteiger charge is 2.64. The number of aliphatic imine (C=N–C) groups is 1. The van der Waals surface area contributed by atoms with Crippen molar-refractivity contribution in [2.75, 3.05) is 6.61 Å². The molecule has 1 unspecified atom stereocenters. The third-order valence-electron chi connectivity index (χ3n) is 8.95. The molecule has 2 aliphatic carbocycles. The Kier molecular flexibility index (Phi) is 8.49. The minimum atomic E-state index is -4.68. The summed E-state index contributed by atoms with van der Waals surface area (Å²) in [7, 11) is 0. The van der Waals surface area contributed by atoms with Crippen LogP contribution in [0.3, 0.4) is 0 Å². The second-order valence-corrected chi connectivity index (χ2v) is 12.9. The van der Waals surface area contributed by atoms with Crippen molar-refractivity contribution in [3.63, 3.8) is 0 Å². The highest BCUT2D eigenvalue weighted by atomic mass is 35.5. The average Bonchev–Trinajstić information content (AvgIpc) is 3.93. The summed E-state index contributed by atoms with van der Waals surface area (Å²) in [5, 5.41) is 10.1. The molecular formula is C34H28ClF5N8O3. The van der Waals surface area contributed by atoms with E-state index in [1.165, 1.54) is 29.3 Å². The molecule has 2 aromatic carbocycles. The van der Waals surface area contributed by atoms with Gasteiger partial charge in [-0.2, -0.15) is 32.1 Å². The maximum Gasteiger partial charge on any atom is 0.411 e. The topological polar surface area (TPSA) is 133 Å². The molecule has 17 heteroatoms. The molecule has 0 radical (unpaired) electrons.